The summed E-state index contributed by atoms with van der Waals surface area (Å²) in [6, 6.07) is 21.5. The maximum Gasteiger partial charge on any atom is 0.275 e. The second-order valence-corrected chi connectivity index (χ2v) is 5.90. The molecule has 2 N–H and O–H groups in total. The molecule has 3 rings (SSSR count). The number of methoxy groups -OCH3 is 1. The number of phenols is 1. The van der Waals surface area contributed by atoms with Crippen LogP contribution in [0.3, 0.4) is 0 Å². The second kappa shape index (κ2) is 9.23. The first-order valence-electron chi connectivity index (χ1n) is 8.63. The fourth-order valence-corrected chi connectivity index (χ4v) is 2.53. The van der Waals surface area contributed by atoms with Crippen molar-refractivity contribution in [3.63, 3.8) is 0 Å². The van der Waals surface area contributed by atoms with Gasteiger partial charge in [0, 0.05) is 0 Å². The number of phenolic OH excluding ortho intramolecular Hbond substituents is 1. The summed E-state index contributed by atoms with van der Waals surface area (Å²) in [6.45, 7) is 0.361. The molecule has 0 bridgehead atoms. The van der Waals surface area contributed by atoms with E-state index < -0.39 is 5.91 Å². The molecule has 0 atom stereocenters. The van der Waals surface area contributed by atoms with Crippen LogP contribution in [0.25, 0.3) is 0 Å². The summed E-state index contributed by atoms with van der Waals surface area (Å²) >= 11 is 0. The number of hydrazone groups is 1. The summed E-state index contributed by atoms with van der Waals surface area (Å²) in [5.41, 5.74) is 4.48. The number of para-hydroxylation sites is 1. The topological polar surface area (TPSA) is 80.2 Å². The molecule has 6 heteroatoms. The van der Waals surface area contributed by atoms with E-state index in [1.54, 1.807) is 36.4 Å². The number of rotatable bonds is 7. The molecular formula is C22H20N2O4. The number of carbonyl (C=O) groups is 1. The summed E-state index contributed by atoms with van der Waals surface area (Å²) in [6.07, 6.45) is 1.44. The third-order valence-electron chi connectivity index (χ3n) is 3.95. The minimum atomic E-state index is -0.391. The first kappa shape index (κ1) is 19.0. The SMILES string of the molecule is COc1ccc(/C=N/NC(=O)c2ccccc2OCc2ccccc2)cc1O. The van der Waals surface area contributed by atoms with Crippen molar-refractivity contribution in [3.8, 4) is 17.2 Å². The monoisotopic (exact) mass is 376 g/mol. The molecule has 3 aromatic rings. The molecule has 0 unspecified atom stereocenters. The fraction of sp³-hybridized carbons (Fsp3) is 0.0909. The zero-order valence-electron chi connectivity index (χ0n) is 15.3. The van der Waals surface area contributed by atoms with E-state index in [1.807, 2.05) is 30.3 Å². The van der Waals surface area contributed by atoms with Crippen molar-refractivity contribution in [2.45, 2.75) is 6.61 Å². The Labute approximate surface area is 163 Å². The number of amides is 1. The second-order valence-electron chi connectivity index (χ2n) is 5.90. The zero-order chi connectivity index (χ0) is 19.8. The Morgan fingerprint density at radius 3 is 2.54 bits per heavy atom. The largest absolute Gasteiger partial charge is 0.504 e. The van der Waals surface area contributed by atoms with Gasteiger partial charge in [-0.15, -0.1) is 0 Å². The Kier molecular flexibility index (Phi) is 6.25. The Hall–Kier alpha value is -3.80. The number of ether oxygens (including phenoxy) is 2. The maximum atomic E-state index is 12.5. The standard InChI is InChI=1S/C22H20N2O4/c1-27-21-12-11-17(13-19(21)25)14-23-24-22(26)18-9-5-6-10-20(18)28-15-16-7-3-2-4-8-16/h2-14,25H,15H2,1H3,(H,24,26)/b23-14+. The summed E-state index contributed by atoms with van der Waals surface area (Å²) < 4.78 is 10.8. The number of hydrogen-bond acceptors (Lipinski definition) is 5. The molecule has 6 nitrogen and oxygen atoms in total. The first-order valence-corrected chi connectivity index (χ1v) is 8.63. The molecule has 0 spiro atoms. The van der Waals surface area contributed by atoms with Gasteiger partial charge in [0.25, 0.3) is 5.91 Å². The lowest BCUT2D eigenvalue weighted by Gasteiger charge is -2.10. The van der Waals surface area contributed by atoms with Gasteiger partial charge in [0.2, 0.25) is 0 Å². The zero-order valence-corrected chi connectivity index (χ0v) is 15.3. The number of carbonyl (C=O) groups excluding carboxylic acids is 1. The molecule has 0 fully saturated rings. The van der Waals surface area contributed by atoms with Crippen molar-refractivity contribution in [1.29, 1.82) is 0 Å². The number of nitrogens with one attached hydrogen (secondary N) is 1. The molecule has 0 saturated carbocycles. The average molecular weight is 376 g/mol. The van der Waals surface area contributed by atoms with Crippen LogP contribution < -0.4 is 14.9 Å². The van der Waals surface area contributed by atoms with Crippen molar-refractivity contribution < 1.29 is 19.4 Å². The van der Waals surface area contributed by atoms with Crippen molar-refractivity contribution >= 4 is 12.1 Å². The molecule has 0 aromatic heterocycles. The summed E-state index contributed by atoms with van der Waals surface area (Å²) in [5.74, 6) is 0.446. The molecule has 3 aromatic carbocycles. The van der Waals surface area contributed by atoms with E-state index in [2.05, 4.69) is 10.5 Å². The van der Waals surface area contributed by atoms with Gasteiger partial charge in [-0.3, -0.25) is 4.79 Å². The van der Waals surface area contributed by atoms with Crippen LogP contribution in [0.5, 0.6) is 17.2 Å². The first-order chi connectivity index (χ1) is 13.7. The predicted octanol–water partition coefficient (Wildman–Crippen LogP) is 3.74. The highest BCUT2D eigenvalue weighted by atomic mass is 16.5. The minimum absolute atomic E-state index is 0.00238. The van der Waals surface area contributed by atoms with E-state index >= 15 is 0 Å². The summed E-state index contributed by atoms with van der Waals surface area (Å²) in [7, 11) is 1.47. The Morgan fingerprint density at radius 2 is 1.79 bits per heavy atom. The van der Waals surface area contributed by atoms with E-state index in [0.29, 0.717) is 29.2 Å². The van der Waals surface area contributed by atoms with Gasteiger partial charge < -0.3 is 14.6 Å². The molecule has 28 heavy (non-hydrogen) atoms. The van der Waals surface area contributed by atoms with E-state index in [-0.39, 0.29) is 5.75 Å². The molecule has 142 valence electrons. The number of hydrogen-bond donors (Lipinski definition) is 2. The molecule has 0 aliphatic rings. The summed E-state index contributed by atoms with van der Waals surface area (Å²) in [4.78, 5) is 12.5. The van der Waals surface area contributed by atoms with E-state index in [9.17, 15) is 9.90 Å². The van der Waals surface area contributed by atoms with Crippen molar-refractivity contribution in [2.75, 3.05) is 7.11 Å². The van der Waals surface area contributed by atoms with Crippen molar-refractivity contribution in [3.05, 3.63) is 89.5 Å². The van der Waals surface area contributed by atoms with Crippen LogP contribution in [-0.2, 0) is 6.61 Å². The van der Waals surface area contributed by atoms with Crippen molar-refractivity contribution in [2.24, 2.45) is 5.10 Å². The van der Waals surface area contributed by atoms with E-state index in [0.717, 1.165) is 5.56 Å². The molecular weight excluding hydrogens is 356 g/mol. The van der Waals surface area contributed by atoms with Crippen LogP contribution in [0, 0.1) is 0 Å². The van der Waals surface area contributed by atoms with Gasteiger partial charge in [-0.1, -0.05) is 42.5 Å². The quantitative estimate of drug-likeness (QED) is 0.486. The molecule has 0 aliphatic carbocycles. The Morgan fingerprint density at radius 1 is 1.04 bits per heavy atom. The van der Waals surface area contributed by atoms with Gasteiger partial charge in [0.1, 0.15) is 12.4 Å². The summed E-state index contributed by atoms with van der Waals surface area (Å²) in [5, 5.41) is 13.7. The van der Waals surface area contributed by atoms with Gasteiger partial charge in [0.05, 0.1) is 18.9 Å². The predicted molar refractivity (Wildman–Crippen MR) is 107 cm³/mol. The van der Waals surface area contributed by atoms with Gasteiger partial charge in [-0.25, -0.2) is 5.43 Å². The number of nitrogens with zero attached hydrogens (tertiary/aromatic N) is 1. The minimum Gasteiger partial charge on any atom is -0.504 e. The molecule has 0 saturated heterocycles. The smallest absolute Gasteiger partial charge is 0.275 e. The van der Waals surface area contributed by atoms with Crippen LogP contribution in [0.15, 0.2) is 77.9 Å². The molecule has 0 aliphatic heterocycles. The molecule has 0 radical (unpaired) electrons. The lowest BCUT2D eigenvalue weighted by Crippen LogP contribution is -2.18. The van der Waals surface area contributed by atoms with Crippen LogP contribution >= 0.6 is 0 Å². The van der Waals surface area contributed by atoms with Gasteiger partial charge in [-0.05, 0) is 41.5 Å². The fourth-order valence-electron chi connectivity index (χ4n) is 2.53. The Bertz CT molecular complexity index is 971. The molecule has 0 heterocycles. The van der Waals surface area contributed by atoms with E-state index in [1.165, 1.54) is 19.4 Å². The van der Waals surface area contributed by atoms with Crippen LogP contribution in [-0.4, -0.2) is 24.3 Å². The van der Waals surface area contributed by atoms with Gasteiger partial charge >= 0.3 is 0 Å². The van der Waals surface area contributed by atoms with Gasteiger partial charge in [0.15, 0.2) is 11.5 Å². The van der Waals surface area contributed by atoms with Crippen LogP contribution in [0.2, 0.25) is 0 Å². The highest BCUT2D eigenvalue weighted by molar-refractivity contribution is 5.97. The lowest BCUT2D eigenvalue weighted by molar-refractivity contribution is 0.0950. The van der Waals surface area contributed by atoms with Gasteiger partial charge in [-0.2, -0.15) is 5.10 Å². The molecule has 1 amide bonds. The third kappa shape index (κ3) is 4.88. The lowest BCUT2D eigenvalue weighted by atomic mass is 10.2. The van der Waals surface area contributed by atoms with Crippen LogP contribution in [0.1, 0.15) is 21.5 Å². The number of benzene rings is 3. The van der Waals surface area contributed by atoms with Crippen LogP contribution in [0.4, 0.5) is 0 Å². The maximum absolute atomic E-state index is 12.5. The normalized spacial score (nSPS) is 10.6. The Balaban J connectivity index is 1.65. The highest BCUT2D eigenvalue weighted by Crippen LogP contribution is 2.25. The average Bonchev–Trinajstić information content (AvgIpc) is 2.73. The van der Waals surface area contributed by atoms with E-state index in [4.69, 9.17) is 9.47 Å². The van der Waals surface area contributed by atoms with Crippen molar-refractivity contribution in [1.82, 2.24) is 5.43 Å². The highest BCUT2D eigenvalue weighted by Gasteiger charge is 2.11. The third-order valence-corrected chi connectivity index (χ3v) is 3.95. The number of aromatic hydroxyl groups is 1.